The summed E-state index contributed by atoms with van der Waals surface area (Å²) < 4.78 is 11.8. The van der Waals surface area contributed by atoms with Crippen LogP contribution in [-0.4, -0.2) is 90.9 Å². The fraction of sp³-hybridized carbons (Fsp3) is 0.654. The molecule has 0 saturated carbocycles. The number of anilines is 1. The molecular formula is C26H40N4O6. The highest BCUT2D eigenvalue weighted by molar-refractivity contribution is 6.02. The number of para-hydroxylation sites is 1. The maximum Gasteiger partial charge on any atom is 0.317 e. The van der Waals surface area contributed by atoms with Crippen LogP contribution in [0.25, 0.3) is 0 Å². The second kappa shape index (κ2) is 12.4. The van der Waals surface area contributed by atoms with E-state index < -0.39 is 12.1 Å². The van der Waals surface area contributed by atoms with Crippen LogP contribution in [0, 0.1) is 11.8 Å². The van der Waals surface area contributed by atoms with Crippen LogP contribution in [0.15, 0.2) is 18.2 Å². The molecule has 1 fully saturated rings. The van der Waals surface area contributed by atoms with Crippen LogP contribution in [0.2, 0.25) is 0 Å². The molecule has 1 aromatic carbocycles. The number of nitrogens with one attached hydrogen (secondary N) is 2. The maximum absolute atomic E-state index is 13.6. The molecule has 0 radical (unpaired) electrons. The summed E-state index contributed by atoms with van der Waals surface area (Å²) in [5, 5.41) is 15.7. The van der Waals surface area contributed by atoms with Crippen molar-refractivity contribution in [1.82, 2.24) is 15.1 Å². The fourth-order valence-corrected chi connectivity index (χ4v) is 4.46. The average molecular weight is 505 g/mol. The number of likely N-dealkylation sites (N-methyl/N-ethyl adjacent to an activating group) is 1. The Bertz CT molecular complexity index is 933. The number of aliphatic hydroxyl groups excluding tert-OH is 1. The SMILES string of the molecule is CC(C)NC(=O)N(C)C[C@H]1Oc2c(NC(=O)C3CCOCC3)cccc2C(=O)N([C@@H](C)CO)C[C@H]1C. The van der Waals surface area contributed by atoms with Gasteiger partial charge in [0.25, 0.3) is 5.91 Å². The Labute approximate surface area is 213 Å². The molecule has 0 bridgehead atoms. The molecule has 2 heterocycles. The normalized spacial score (nSPS) is 21.6. The molecule has 0 aromatic heterocycles. The highest BCUT2D eigenvalue weighted by atomic mass is 16.5. The number of rotatable bonds is 7. The molecule has 3 N–H and O–H groups in total. The summed E-state index contributed by atoms with van der Waals surface area (Å²) in [5.74, 6) is -0.462. The van der Waals surface area contributed by atoms with E-state index in [1.165, 1.54) is 0 Å². The van der Waals surface area contributed by atoms with E-state index >= 15 is 0 Å². The number of ether oxygens (including phenoxy) is 2. The van der Waals surface area contributed by atoms with Gasteiger partial charge in [0.2, 0.25) is 5.91 Å². The lowest BCUT2D eigenvalue weighted by Crippen LogP contribution is -2.51. The maximum atomic E-state index is 13.6. The van der Waals surface area contributed by atoms with Gasteiger partial charge in [0.1, 0.15) is 6.10 Å². The molecule has 10 nitrogen and oxygen atoms in total. The van der Waals surface area contributed by atoms with Crippen LogP contribution in [0.4, 0.5) is 10.5 Å². The molecule has 4 amide bonds. The Kier molecular flexibility index (Phi) is 9.56. The van der Waals surface area contributed by atoms with E-state index in [2.05, 4.69) is 10.6 Å². The van der Waals surface area contributed by atoms with Gasteiger partial charge in [0, 0.05) is 44.7 Å². The van der Waals surface area contributed by atoms with Crippen LogP contribution in [0.1, 0.15) is 50.9 Å². The van der Waals surface area contributed by atoms with E-state index in [9.17, 15) is 19.5 Å². The van der Waals surface area contributed by atoms with Crippen LogP contribution in [0.5, 0.6) is 5.75 Å². The molecule has 36 heavy (non-hydrogen) atoms. The number of carbonyl (C=O) groups is 3. The third kappa shape index (κ3) is 6.67. The van der Waals surface area contributed by atoms with Crippen molar-refractivity contribution in [3.63, 3.8) is 0 Å². The summed E-state index contributed by atoms with van der Waals surface area (Å²) in [7, 11) is 1.70. The van der Waals surface area contributed by atoms with Gasteiger partial charge in [-0.05, 0) is 45.7 Å². The minimum atomic E-state index is -0.464. The first kappa shape index (κ1) is 27.7. The Morgan fingerprint density at radius 2 is 1.92 bits per heavy atom. The number of urea groups is 1. The number of hydrogen-bond donors (Lipinski definition) is 3. The first-order valence-corrected chi connectivity index (χ1v) is 12.7. The van der Waals surface area contributed by atoms with Crippen molar-refractivity contribution in [3.05, 3.63) is 23.8 Å². The molecule has 2 aliphatic rings. The molecule has 0 aliphatic carbocycles. The zero-order chi connectivity index (χ0) is 26.4. The zero-order valence-electron chi connectivity index (χ0n) is 22.0. The Morgan fingerprint density at radius 3 is 2.56 bits per heavy atom. The number of aliphatic hydroxyl groups is 1. The largest absolute Gasteiger partial charge is 0.485 e. The summed E-state index contributed by atoms with van der Waals surface area (Å²) in [6, 6.07) is 4.46. The molecule has 2 aliphatic heterocycles. The summed E-state index contributed by atoms with van der Waals surface area (Å²) in [5.41, 5.74) is 0.730. The molecule has 0 unspecified atom stereocenters. The lowest BCUT2D eigenvalue weighted by molar-refractivity contribution is -0.122. The number of benzene rings is 1. The molecule has 1 saturated heterocycles. The number of hydrogen-bond acceptors (Lipinski definition) is 6. The van der Waals surface area contributed by atoms with E-state index in [1.54, 1.807) is 42.0 Å². The zero-order valence-corrected chi connectivity index (χ0v) is 22.0. The summed E-state index contributed by atoms with van der Waals surface area (Å²) >= 11 is 0. The van der Waals surface area contributed by atoms with Gasteiger partial charge in [-0.2, -0.15) is 0 Å². The van der Waals surface area contributed by atoms with Crippen molar-refractivity contribution in [2.75, 3.05) is 45.3 Å². The first-order valence-electron chi connectivity index (χ1n) is 12.7. The molecule has 0 spiro atoms. The Morgan fingerprint density at radius 1 is 1.22 bits per heavy atom. The Hall–Kier alpha value is -2.85. The predicted molar refractivity (Wildman–Crippen MR) is 136 cm³/mol. The third-order valence-electron chi connectivity index (χ3n) is 6.75. The third-order valence-corrected chi connectivity index (χ3v) is 6.75. The van der Waals surface area contributed by atoms with Gasteiger partial charge in [0.05, 0.1) is 30.4 Å². The highest BCUT2D eigenvalue weighted by Gasteiger charge is 2.35. The second-order valence-corrected chi connectivity index (χ2v) is 10.2. The highest BCUT2D eigenvalue weighted by Crippen LogP contribution is 2.35. The number of amides is 4. The number of carbonyl (C=O) groups excluding carboxylic acids is 3. The van der Waals surface area contributed by atoms with Crippen molar-refractivity contribution in [3.8, 4) is 5.75 Å². The average Bonchev–Trinajstić information content (AvgIpc) is 2.86. The molecule has 3 rings (SSSR count). The van der Waals surface area contributed by atoms with Crippen LogP contribution in [0.3, 0.4) is 0 Å². The van der Waals surface area contributed by atoms with Gasteiger partial charge in [-0.15, -0.1) is 0 Å². The van der Waals surface area contributed by atoms with Crippen molar-refractivity contribution in [2.24, 2.45) is 11.8 Å². The molecule has 1 aromatic rings. The predicted octanol–water partition coefficient (Wildman–Crippen LogP) is 2.32. The van der Waals surface area contributed by atoms with Crippen LogP contribution in [-0.2, 0) is 9.53 Å². The molecule has 10 heteroatoms. The van der Waals surface area contributed by atoms with Crippen molar-refractivity contribution >= 4 is 23.5 Å². The summed E-state index contributed by atoms with van der Waals surface area (Å²) in [6.45, 7) is 9.05. The fourth-order valence-electron chi connectivity index (χ4n) is 4.46. The van der Waals surface area contributed by atoms with Gasteiger partial charge in [-0.3, -0.25) is 9.59 Å². The summed E-state index contributed by atoms with van der Waals surface area (Å²) in [4.78, 5) is 42.4. The van der Waals surface area contributed by atoms with Gasteiger partial charge in [-0.25, -0.2) is 4.79 Å². The topological polar surface area (TPSA) is 120 Å². The van der Waals surface area contributed by atoms with E-state index in [-0.39, 0.29) is 54.6 Å². The van der Waals surface area contributed by atoms with Crippen LogP contribution >= 0.6 is 0 Å². The minimum Gasteiger partial charge on any atom is -0.485 e. The lowest BCUT2D eigenvalue weighted by atomic mass is 9.98. The van der Waals surface area contributed by atoms with Gasteiger partial charge >= 0.3 is 6.03 Å². The van der Waals surface area contributed by atoms with E-state index in [0.717, 1.165) is 0 Å². The van der Waals surface area contributed by atoms with Gasteiger partial charge in [-0.1, -0.05) is 13.0 Å². The van der Waals surface area contributed by atoms with Crippen molar-refractivity contribution in [2.45, 2.75) is 58.7 Å². The monoisotopic (exact) mass is 504 g/mol. The van der Waals surface area contributed by atoms with Crippen molar-refractivity contribution in [1.29, 1.82) is 0 Å². The van der Waals surface area contributed by atoms with E-state index in [0.29, 0.717) is 43.9 Å². The number of fused-ring (bicyclic) bond motifs is 1. The number of nitrogens with zero attached hydrogens (tertiary/aromatic N) is 2. The molecule has 200 valence electrons. The van der Waals surface area contributed by atoms with E-state index in [4.69, 9.17) is 9.47 Å². The van der Waals surface area contributed by atoms with Gasteiger partial charge < -0.3 is 35.0 Å². The molecule has 3 atom stereocenters. The first-order chi connectivity index (χ1) is 17.1. The second-order valence-electron chi connectivity index (χ2n) is 10.2. The van der Waals surface area contributed by atoms with Crippen LogP contribution < -0.4 is 15.4 Å². The van der Waals surface area contributed by atoms with Crippen molar-refractivity contribution < 1.29 is 29.0 Å². The molecular weight excluding hydrogens is 464 g/mol. The Balaban J connectivity index is 1.95. The van der Waals surface area contributed by atoms with E-state index in [1.807, 2.05) is 20.8 Å². The quantitative estimate of drug-likeness (QED) is 0.524. The lowest BCUT2D eigenvalue weighted by Gasteiger charge is -2.38. The minimum absolute atomic E-state index is 0.0122. The van der Waals surface area contributed by atoms with Gasteiger partial charge in [0.15, 0.2) is 5.75 Å². The summed E-state index contributed by atoms with van der Waals surface area (Å²) in [6.07, 6.45) is 0.810. The smallest absolute Gasteiger partial charge is 0.317 e. The standard InChI is InChI=1S/C26H40N4O6/c1-16(2)27-26(34)29(5)14-22-17(3)13-30(18(4)15-31)25(33)20-7-6-8-21(23(20)36-22)28-24(32)19-9-11-35-12-10-19/h6-8,16-19,22,31H,9-15H2,1-5H3,(H,27,34)(H,28,32)/t17-,18+,22-/m1/s1.